The van der Waals surface area contributed by atoms with Crippen LogP contribution < -0.4 is 9.46 Å². The van der Waals surface area contributed by atoms with E-state index < -0.39 is 10.0 Å². The van der Waals surface area contributed by atoms with Crippen molar-refractivity contribution < 1.29 is 13.2 Å². The first-order chi connectivity index (χ1) is 13.0. The maximum Gasteiger partial charge on any atom is 0.211 e. The molecule has 0 saturated heterocycles. The fourth-order valence-corrected chi connectivity index (χ4v) is 3.81. The summed E-state index contributed by atoms with van der Waals surface area (Å²) in [7, 11) is -3.28. The van der Waals surface area contributed by atoms with Gasteiger partial charge in [-0.15, -0.1) is 0 Å². The molecule has 0 amide bonds. The van der Waals surface area contributed by atoms with Crippen molar-refractivity contribution in [2.45, 2.75) is 26.2 Å². The van der Waals surface area contributed by atoms with Crippen molar-refractivity contribution in [3.8, 4) is 5.75 Å². The van der Waals surface area contributed by atoms with Crippen LogP contribution in [0.4, 0.5) is 0 Å². The van der Waals surface area contributed by atoms with Crippen LogP contribution in [0.1, 0.15) is 24.1 Å². The molecular weight excluding hydrogens is 364 g/mol. The predicted molar refractivity (Wildman–Crippen MR) is 104 cm³/mol. The first kappa shape index (κ1) is 19.3. The lowest BCUT2D eigenvalue weighted by molar-refractivity contribution is 0.317. The molecule has 0 aliphatic rings. The van der Waals surface area contributed by atoms with Gasteiger partial charge in [-0.1, -0.05) is 18.2 Å². The van der Waals surface area contributed by atoms with E-state index in [4.69, 9.17) is 4.74 Å². The molecule has 0 saturated carbocycles. The maximum atomic E-state index is 12.0. The largest absolute Gasteiger partial charge is 0.494 e. The summed E-state index contributed by atoms with van der Waals surface area (Å²) in [6.07, 6.45) is 5.63. The zero-order chi connectivity index (χ0) is 19.1. The van der Waals surface area contributed by atoms with Gasteiger partial charge in [-0.25, -0.2) is 22.6 Å². The van der Waals surface area contributed by atoms with Gasteiger partial charge in [0.05, 0.1) is 18.1 Å². The third-order valence-corrected chi connectivity index (χ3v) is 5.49. The van der Waals surface area contributed by atoms with Gasteiger partial charge in [0.25, 0.3) is 0 Å². The molecule has 3 rings (SSSR count). The molecule has 0 atom stereocenters. The molecule has 2 aromatic heterocycles. The summed E-state index contributed by atoms with van der Waals surface area (Å²) in [5.41, 5.74) is 2.76. The van der Waals surface area contributed by atoms with Gasteiger partial charge in [0.15, 0.2) is 5.65 Å². The zero-order valence-electron chi connectivity index (χ0n) is 15.3. The lowest BCUT2D eigenvalue weighted by atomic mass is 10.2. The Labute approximate surface area is 159 Å². The van der Waals surface area contributed by atoms with E-state index in [1.54, 1.807) is 4.52 Å². The lowest BCUT2D eigenvalue weighted by Gasteiger charge is -2.08. The number of aromatic nitrogens is 3. The summed E-state index contributed by atoms with van der Waals surface area (Å²) in [5.74, 6) is 0.806. The summed E-state index contributed by atoms with van der Waals surface area (Å²) in [6.45, 7) is 2.70. The van der Waals surface area contributed by atoms with Gasteiger partial charge in [-0.05, 0) is 43.9 Å². The third-order valence-electron chi connectivity index (χ3n) is 4.02. The molecule has 1 aromatic carbocycles. The van der Waals surface area contributed by atoms with Gasteiger partial charge in [0, 0.05) is 25.0 Å². The van der Waals surface area contributed by atoms with Crippen LogP contribution in [0.25, 0.3) is 5.65 Å². The minimum Gasteiger partial charge on any atom is -0.494 e. The standard InChI is InChI=1S/C19H24N4O3S/c1-16-13-19-20-14-17(15-23(19)22-16)7-5-10-21-27(24,25)12-6-11-26-18-8-3-2-4-9-18/h2-4,8-9,13-15,21H,5-7,10-12H2,1H3. The van der Waals surface area contributed by atoms with Crippen molar-refractivity contribution in [2.75, 3.05) is 18.9 Å². The van der Waals surface area contributed by atoms with Gasteiger partial charge in [0.2, 0.25) is 10.0 Å². The Morgan fingerprint density at radius 1 is 1.19 bits per heavy atom. The predicted octanol–water partition coefficient (Wildman–Crippen LogP) is 2.36. The van der Waals surface area contributed by atoms with E-state index in [0.29, 0.717) is 26.0 Å². The van der Waals surface area contributed by atoms with Crippen molar-refractivity contribution in [3.63, 3.8) is 0 Å². The third kappa shape index (κ3) is 6.04. The number of nitrogens with zero attached hydrogens (tertiary/aromatic N) is 3. The molecule has 0 aliphatic carbocycles. The lowest BCUT2D eigenvalue weighted by Crippen LogP contribution is -2.28. The SMILES string of the molecule is Cc1cc2ncc(CCCNS(=O)(=O)CCCOc3ccccc3)cn2n1. The highest BCUT2D eigenvalue weighted by Gasteiger charge is 2.09. The number of nitrogens with one attached hydrogen (secondary N) is 1. The summed E-state index contributed by atoms with van der Waals surface area (Å²) < 4.78 is 34.0. The molecule has 1 N–H and O–H groups in total. The minimum absolute atomic E-state index is 0.0555. The van der Waals surface area contributed by atoms with Gasteiger partial charge >= 0.3 is 0 Å². The Morgan fingerprint density at radius 3 is 2.81 bits per heavy atom. The van der Waals surface area contributed by atoms with Gasteiger partial charge in [-0.3, -0.25) is 0 Å². The highest BCUT2D eigenvalue weighted by molar-refractivity contribution is 7.89. The molecule has 0 spiro atoms. The Bertz CT molecular complexity index is 971. The van der Waals surface area contributed by atoms with Gasteiger partial charge in [0.1, 0.15) is 5.75 Å². The molecule has 0 aliphatic heterocycles. The number of ether oxygens (including phenoxy) is 1. The van der Waals surface area contributed by atoms with Crippen LogP contribution in [0, 0.1) is 6.92 Å². The molecule has 8 heteroatoms. The van der Waals surface area contributed by atoms with Crippen LogP contribution in [-0.4, -0.2) is 41.9 Å². The Morgan fingerprint density at radius 2 is 2.00 bits per heavy atom. The van der Waals surface area contributed by atoms with Crippen molar-refractivity contribution in [3.05, 3.63) is 60.0 Å². The maximum absolute atomic E-state index is 12.0. The second-order valence-electron chi connectivity index (χ2n) is 6.38. The van der Waals surface area contributed by atoms with E-state index in [0.717, 1.165) is 29.1 Å². The molecule has 0 unspecified atom stereocenters. The van der Waals surface area contributed by atoms with E-state index in [1.807, 2.05) is 55.7 Å². The van der Waals surface area contributed by atoms with Crippen LogP contribution in [0.3, 0.4) is 0 Å². The summed E-state index contributed by atoms with van der Waals surface area (Å²) in [6, 6.07) is 11.3. The van der Waals surface area contributed by atoms with Gasteiger partial charge < -0.3 is 4.74 Å². The molecule has 144 valence electrons. The van der Waals surface area contributed by atoms with Gasteiger partial charge in [-0.2, -0.15) is 5.10 Å². The summed E-state index contributed by atoms with van der Waals surface area (Å²) >= 11 is 0. The van der Waals surface area contributed by atoms with E-state index >= 15 is 0 Å². The minimum atomic E-state index is -3.28. The number of aryl methyl sites for hydroxylation is 2. The molecule has 0 fully saturated rings. The Kier molecular flexibility index (Phi) is 6.41. The van der Waals surface area contributed by atoms with E-state index in [9.17, 15) is 8.42 Å². The number of hydrogen-bond acceptors (Lipinski definition) is 5. The average Bonchev–Trinajstić information content (AvgIpc) is 3.03. The number of rotatable bonds is 10. The molecular formula is C19H24N4O3S. The Balaban J connectivity index is 1.35. The van der Waals surface area contributed by atoms with Crippen LogP contribution in [0.2, 0.25) is 0 Å². The fourth-order valence-electron chi connectivity index (χ4n) is 2.71. The molecule has 3 aromatic rings. The molecule has 2 heterocycles. The smallest absolute Gasteiger partial charge is 0.211 e. The highest BCUT2D eigenvalue weighted by Crippen LogP contribution is 2.09. The van der Waals surface area contributed by atoms with E-state index in [2.05, 4.69) is 14.8 Å². The quantitative estimate of drug-likeness (QED) is 0.539. The number of hydrogen-bond donors (Lipinski definition) is 1. The van der Waals surface area contributed by atoms with Crippen LogP contribution in [0.15, 0.2) is 48.8 Å². The fraction of sp³-hybridized carbons (Fsp3) is 0.368. The van der Waals surface area contributed by atoms with E-state index in [1.165, 1.54) is 0 Å². The first-order valence-corrected chi connectivity index (χ1v) is 10.6. The second-order valence-corrected chi connectivity index (χ2v) is 8.31. The van der Waals surface area contributed by atoms with Crippen LogP contribution in [-0.2, 0) is 16.4 Å². The summed E-state index contributed by atoms with van der Waals surface area (Å²) in [5, 5.41) is 4.34. The monoisotopic (exact) mass is 388 g/mol. The van der Waals surface area contributed by atoms with Crippen molar-refractivity contribution in [1.29, 1.82) is 0 Å². The van der Waals surface area contributed by atoms with Crippen LogP contribution >= 0.6 is 0 Å². The number of fused-ring (bicyclic) bond motifs is 1. The zero-order valence-corrected chi connectivity index (χ0v) is 16.2. The molecule has 0 radical (unpaired) electrons. The normalized spacial score (nSPS) is 11.7. The highest BCUT2D eigenvalue weighted by atomic mass is 32.2. The number of para-hydroxylation sites is 1. The van der Waals surface area contributed by atoms with Crippen molar-refractivity contribution >= 4 is 15.7 Å². The van der Waals surface area contributed by atoms with Crippen molar-refractivity contribution in [2.24, 2.45) is 0 Å². The second kappa shape index (κ2) is 8.96. The number of benzene rings is 1. The first-order valence-electron chi connectivity index (χ1n) is 8.98. The van der Waals surface area contributed by atoms with Crippen LogP contribution in [0.5, 0.6) is 5.75 Å². The summed E-state index contributed by atoms with van der Waals surface area (Å²) in [4.78, 5) is 4.35. The Hall–Kier alpha value is -2.45. The molecule has 7 nitrogen and oxygen atoms in total. The topological polar surface area (TPSA) is 85.6 Å². The molecule has 0 bridgehead atoms. The molecule has 27 heavy (non-hydrogen) atoms. The van der Waals surface area contributed by atoms with E-state index in [-0.39, 0.29) is 5.75 Å². The van der Waals surface area contributed by atoms with Crippen molar-refractivity contribution in [1.82, 2.24) is 19.3 Å². The number of sulfonamides is 1. The average molecular weight is 388 g/mol.